The van der Waals surface area contributed by atoms with Gasteiger partial charge in [-0.3, -0.25) is 0 Å². The molecule has 48 heavy (non-hydrogen) atoms. The van der Waals surface area contributed by atoms with Gasteiger partial charge in [0.2, 0.25) is 0 Å². The van der Waals surface area contributed by atoms with E-state index in [1.165, 1.54) is 32.3 Å². The van der Waals surface area contributed by atoms with Gasteiger partial charge in [0, 0.05) is 32.8 Å². The topological polar surface area (TPSA) is 38.7 Å². The first-order valence-corrected chi connectivity index (χ1v) is 16.3. The average molecular weight is 610 g/mol. The van der Waals surface area contributed by atoms with Crippen LogP contribution in [0.5, 0.6) is 0 Å². The molecular weight excluding hydrogens is 583 g/mol. The van der Waals surface area contributed by atoms with E-state index in [9.17, 15) is 0 Å². The summed E-state index contributed by atoms with van der Waals surface area (Å²) in [4.78, 5) is 15.6. The summed E-state index contributed by atoms with van der Waals surface area (Å²) in [5, 5.41) is 10.6. The number of rotatable bonds is 3. The van der Waals surface area contributed by atoms with E-state index in [1.807, 2.05) is 0 Å². The van der Waals surface area contributed by atoms with Crippen molar-refractivity contribution in [3.05, 3.63) is 164 Å². The summed E-state index contributed by atoms with van der Waals surface area (Å²) in [5.41, 5.74) is 8.76. The Labute approximate surface area is 276 Å². The third-order valence-corrected chi connectivity index (χ3v) is 9.49. The minimum atomic E-state index is 0.916. The Kier molecular flexibility index (Phi) is 5.87. The second-order valence-corrected chi connectivity index (χ2v) is 12.6. The van der Waals surface area contributed by atoms with Crippen molar-refractivity contribution in [2.75, 3.05) is 0 Å². The normalized spacial score (nSPS) is 11.8. The van der Waals surface area contributed by atoms with Crippen molar-refractivity contribution < 1.29 is 0 Å². The van der Waals surface area contributed by atoms with E-state index >= 15 is 0 Å². The van der Waals surface area contributed by atoms with Crippen LogP contribution in [0.1, 0.15) is 0 Å². The highest BCUT2D eigenvalue weighted by atomic mass is 14.7. The molecule has 0 spiro atoms. The Morgan fingerprint density at radius 1 is 0.229 bits per heavy atom. The van der Waals surface area contributed by atoms with Crippen molar-refractivity contribution in [1.29, 1.82) is 0 Å². The summed E-state index contributed by atoms with van der Waals surface area (Å²) in [7, 11) is 0. The smallest absolute Gasteiger partial charge is 0.0715 e. The second kappa shape index (κ2) is 10.5. The van der Waals surface area contributed by atoms with E-state index in [2.05, 4.69) is 164 Å². The van der Waals surface area contributed by atoms with Crippen LogP contribution in [0.25, 0.3) is 98.8 Å². The second-order valence-electron chi connectivity index (χ2n) is 12.6. The van der Waals surface area contributed by atoms with Gasteiger partial charge in [-0.25, -0.2) is 15.0 Å². The molecule has 0 aliphatic carbocycles. The summed E-state index contributed by atoms with van der Waals surface area (Å²) in [5.74, 6) is 0. The average Bonchev–Trinajstić information content (AvgIpc) is 3.14. The van der Waals surface area contributed by atoms with Crippen LogP contribution in [-0.4, -0.2) is 15.0 Å². The lowest BCUT2D eigenvalue weighted by Gasteiger charge is -2.12. The summed E-state index contributed by atoms with van der Waals surface area (Å²) in [6.07, 6.45) is 0. The van der Waals surface area contributed by atoms with Crippen LogP contribution in [0.3, 0.4) is 0 Å². The van der Waals surface area contributed by atoms with Crippen LogP contribution >= 0.6 is 0 Å². The van der Waals surface area contributed by atoms with Crippen molar-refractivity contribution in [1.82, 2.24) is 15.0 Å². The van der Waals surface area contributed by atoms with Gasteiger partial charge in [0.05, 0.1) is 33.6 Å². The largest absolute Gasteiger partial charge is 0.248 e. The molecule has 0 saturated carbocycles. The maximum Gasteiger partial charge on any atom is 0.0715 e. The predicted octanol–water partition coefficient (Wildman–Crippen LogP) is 11.8. The van der Waals surface area contributed by atoms with E-state index in [0.29, 0.717) is 0 Å². The molecule has 7 aromatic carbocycles. The molecule has 0 aliphatic rings. The number of pyridine rings is 3. The highest BCUT2D eigenvalue weighted by Gasteiger charge is 2.13. The lowest BCUT2D eigenvalue weighted by Crippen LogP contribution is -1.93. The minimum absolute atomic E-state index is 0.916. The summed E-state index contributed by atoms with van der Waals surface area (Å²) < 4.78 is 0. The van der Waals surface area contributed by atoms with Gasteiger partial charge in [0.15, 0.2) is 0 Å². The molecule has 3 nitrogen and oxygen atoms in total. The fourth-order valence-electron chi connectivity index (χ4n) is 6.99. The van der Waals surface area contributed by atoms with Gasteiger partial charge in [-0.1, -0.05) is 91.0 Å². The molecule has 0 aliphatic heterocycles. The van der Waals surface area contributed by atoms with Gasteiger partial charge in [-0.05, 0) is 105 Å². The van der Waals surface area contributed by atoms with Crippen LogP contribution in [0.4, 0.5) is 0 Å². The number of hydrogen-bond donors (Lipinski definition) is 0. The molecule has 0 fully saturated rings. The summed E-state index contributed by atoms with van der Waals surface area (Å²) in [6.45, 7) is 0. The highest BCUT2D eigenvalue weighted by molar-refractivity contribution is 6.00. The molecule has 3 heterocycles. The third-order valence-electron chi connectivity index (χ3n) is 9.49. The van der Waals surface area contributed by atoms with Crippen molar-refractivity contribution in [3.63, 3.8) is 0 Å². The van der Waals surface area contributed by atoms with Crippen molar-refractivity contribution in [2.45, 2.75) is 0 Å². The van der Waals surface area contributed by atoms with Crippen molar-refractivity contribution in [2.24, 2.45) is 0 Å². The molecule has 10 rings (SSSR count). The molecule has 0 amide bonds. The number of benzene rings is 7. The Hall–Kier alpha value is -6.45. The van der Waals surface area contributed by atoms with Gasteiger partial charge in [0.25, 0.3) is 0 Å². The van der Waals surface area contributed by atoms with Crippen LogP contribution in [0, 0.1) is 0 Å². The quantitative estimate of drug-likeness (QED) is 0.187. The molecule has 3 heteroatoms. The van der Waals surface area contributed by atoms with Crippen LogP contribution < -0.4 is 0 Å². The number of hydrogen-bond acceptors (Lipinski definition) is 3. The summed E-state index contributed by atoms with van der Waals surface area (Å²) in [6, 6.07) is 58.1. The standard InChI is InChI=1S/C45H27N3/c1-4-10-31-25-43-34(19-28(31)7-1)13-16-40(46-43)37-22-38(41-17-14-35-20-29-8-2-5-11-32(29)26-44(35)47-41)24-39(23-37)42-18-15-36-21-30-9-3-6-12-33(30)27-45(36)48-42/h1-27H. The van der Waals surface area contributed by atoms with E-state index in [-0.39, 0.29) is 0 Å². The van der Waals surface area contributed by atoms with Crippen LogP contribution in [0.15, 0.2) is 164 Å². The molecule has 222 valence electrons. The Bertz CT molecular complexity index is 2580. The van der Waals surface area contributed by atoms with Gasteiger partial charge in [0.1, 0.15) is 0 Å². The zero-order valence-corrected chi connectivity index (χ0v) is 25.9. The lowest BCUT2D eigenvalue weighted by atomic mass is 9.97. The van der Waals surface area contributed by atoms with E-state index < -0.39 is 0 Å². The number of fused-ring (bicyclic) bond motifs is 6. The number of aromatic nitrogens is 3. The summed E-state index contributed by atoms with van der Waals surface area (Å²) >= 11 is 0. The van der Waals surface area contributed by atoms with E-state index in [4.69, 9.17) is 15.0 Å². The van der Waals surface area contributed by atoms with Crippen molar-refractivity contribution >= 4 is 65.0 Å². The van der Waals surface area contributed by atoms with E-state index in [1.54, 1.807) is 0 Å². The first-order valence-electron chi connectivity index (χ1n) is 16.3. The SMILES string of the molecule is c1ccc2cc3nc(-c4cc(-c5ccc6cc7ccccc7cc6n5)cc(-c5ccc6cc7ccccc7cc6n5)c4)ccc3cc2c1. The van der Waals surface area contributed by atoms with Gasteiger partial charge >= 0.3 is 0 Å². The molecule has 0 saturated heterocycles. The van der Waals surface area contributed by atoms with E-state index in [0.717, 1.165) is 66.5 Å². The Balaban J connectivity index is 1.17. The van der Waals surface area contributed by atoms with Gasteiger partial charge in [-0.15, -0.1) is 0 Å². The highest BCUT2D eigenvalue weighted by Crippen LogP contribution is 2.35. The third kappa shape index (κ3) is 4.56. The predicted molar refractivity (Wildman–Crippen MR) is 201 cm³/mol. The molecule has 0 radical (unpaired) electrons. The fraction of sp³-hybridized carbons (Fsp3) is 0. The first kappa shape index (κ1) is 26.7. The minimum Gasteiger partial charge on any atom is -0.248 e. The first-order chi connectivity index (χ1) is 23.7. The molecule has 0 unspecified atom stereocenters. The molecule has 0 N–H and O–H groups in total. The molecular formula is C45H27N3. The number of nitrogens with zero attached hydrogens (tertiary/aromatic N) is 3. The zero-order valence-electron chi connectivity index (χ0n) is 25.9. The van der Waals surface area contributed by atoms with Crippen LogP contribution in [-0.2, 0) is 0 Å². The molecule has 0 bridgehead atoms. The Morgan fingerprint density at radius 3 is 0.792 bits per heavy atom. The van der Waals surface area contributed by atoms with Gasteiger partial charge < -0.3 is 0 Å². The van der Waals surface area contributed by atoms with Gasteiger partial charge in [-0.2, -0.15) is 0 Å². The van der Waals surface area contributed by atoms with Crippen LogP contribution in [0.2, 0.25) is 0 Å². The zero-order chi connectivity index (χ0) is 31.6. The molecule has 3 aromatic heterocycles. The maximum absolute atomic E-state index is 5.19. The van der Waals surface area contributed by atoms with Crippen molar-refractivity contribution in [3.8, 4) is 33.8 Å². The maximum atomic E-state index is 5.19. The molecule has 0 atom stereocenters. The molecule has 10 aromatic rings. The Morgan fingerprint density at radius 2 is 0.500 bits per heavy atom. The monoisotopic (exact) mass is 609 g/mol. The fourth-order valence-corrected chi connectivity index (χ4v) is 6.99. The lowest BCUT2D eigenvalue weighted by molar-refractivity contribution is 1.36.